The Labute approximate surface area is 106 Å². The molecule has 1 aliphatic carbocycles. The van der Waals surface area contributed by atoms with E-state index in [1.54, 1.807) is 5.70 Å². The van der Waals surface area contributed by atoms with E-state index in [9.17, 15) is 0 Å². The Balaban J connectivity index is 1.62. The van der Waals surface area contributed by atoms with Crippen molar-refractivity contribution in [2.45, 2.75) is 44.9 Å². The molecule has 0 amide bonds. The first kappa shape index (κ1) is 11.6. The molecule has 96 valence electrons. The van der Waals surface area contributed by atoms with Crippen molar-refractivity contribution in [3.8, 4) is 0 Å². The van der Waals surface area contributed by atoms with E-state index in [0.29, 0.717) is 5.41 Å². The maximum atomic E-state index is 2.64. The van der Waals surface area contributed by atoms with Crippen LogP contribution in [0.2, 0.25) is 0 Å². The molecule has 2 nitrogen and oxygen atoms in total. The maximum absolute atomic E-state index is 2.64. The number of allylic oxidation sites excluding steroid dienone is 2. The van der Waals surface area contributed by atoms with Gasteiger partial charge in [-0.2, -0.15) is 0 Å². The summed E-state index contributed by atoms with van der Waals surface area (Å²) in [5.41, 5.74) is 2.35. The summed E-state index contributed by atoms with van der Waals surface area (Å²) < 4.78 is 0. The van der Waals surface area contributed by atoms with E-state index in [1.807, 2.05) is 0 Å². The van der Waals surface area contributed by atoms with E-state index < -0.39 is 0 Å². The van der Waals surface area contributed by atoms with Crippen molar-refractivity contribution < 1.29 is 0 Å². The molecule has 0 aromatic rings. The highest BCUT2D eigenvalue weighted by Gasteiger charge is 2.35. The molecular weight excluding hydrogens is 208 g/mol. The smallest absolute Gasteiger partial charge is 0.0175 e. The highest BCUT2D eigenvalue weighted by Crippen LogP contribution is 2.44. The monoisotopic (exact) mass is 234 g/mol. The summed E-state index contributed by atoms with van der Waals surface area (Å²) in [5.74, 6) is 0. The number of likely N-dealkylation sites (tertiary alicyclic amines) is 2. The van der Waals surface area contributed by atoms with Crippen LogP contribution in [-0.2, 0) is 0 Å². The van der Waals surface area contributed by atoms with E-state index in [4.69, 9.17) is 0 Å². The zero-order valence-electron chi connectivity index (χ0n) is 11.2. The van der Waals surface area contributed by atoms with Crippen LogP contribution in [0.1, 0.15) is 44.9 Å². The summed E-state index contributed by atoms with van der Waals surface area (Å²) in [6.07, 6.45) is 12.4. The van der Waals surface area contributed by atoms with E-state index in [2.05, 4.69) is 22.9 Å². The third-order valence-corrected chi connectivity index (χ3v) is 5.24. The fourth-order valence-electron chi connectivity index (χ4n) is 3.77. The molecule has 3 rings (SSSR count). The van der Waals surface area contributed by atoms with Gasteiger partial charge in [-0.15, -0.1) is 0 Å². The van der Waals surface area contributed by atoms with Crippen LogP contribution in [0.4, 0.5) is 0 Å². The number of rotatable bonds is 1. The quantitative estimate of drug-likeness (QED) is 0.688. The molecule has 2 heterocycles. The number of piperidine rings is 1. The summed E-state index contributed by atoms with van der Waals surface area (Å²) in [7, 11) is 2.27. The summed E-state index contributed by atoms with van der Waals surface area (Å²) in [5, 5.41) is 0. The van der Waals surface area contributed by atoms with Crippen molar-refractivity contribution in [1.29, 1.82) is 0 Å². The Morgan fingerprint density at radius 1 is 1.00 bits per heavy atom. The number of nitrogens with zero attached hydrogens (tertiary/aromatic N) is 2. The molecule has 3 aliphatic rings. The normalized spacial score (nSPS) is 29.7. The molecular formula is C15H26N2. The zero-order chi connectivity index (χ0) is 11.7. The second-order valence-electron chi connectivity index (χ2n) is 6.40. The lowest BCUT2D eigenvalue weighted by atomic mass is 9.69. The van der Waals surface area contributed by atoms with Crippen LogP contribution in [0.3, 0.4) is 0 Å². The summed E-state index contributed by atoms with van der Waals surface area (Å²) in [6.45, 7) is 5.27. The lowest BCUT2D eigenvalue weighted by Crippen LogP contribution is -2.39. The Kier molecular flexibility index (Phi) is 3.16. The van der Waals surface area contributed by atoms with Crippen molar-refractivity contribution in [1.82, 2.24) is 9.80 Å². The van der Waals surface area contributed by atoms with Gasteiger partial charge < -0.3 is 9.80 Å². The molecule has 0 N–H and O–H groups in total. The largest absolute Gasteiger partial charge is 0.375 e. The first-order chi connectivity index (χ1) is 8.27. The average molecular weight is 234 g/mol. The van der Waals surface area contributed by atoms with Gasteiger partial charge in [0.1, 0.15) is 0 Å². The highest BCUT2D eigenvalue weighted by atomic mass is 15.2. The first-order valence-electron chi connectivity index (χ1n) is 7.40. The number of hydrogen-bond acceptors (Lipinski definition) is 2. The SMILES string of the molecule is CN1CCC2(CC=C(N3CCCC3)CC2)CC1. The summed E-state index contributed by atoms with van der Waals surface area (Å²) in [6, 6.07) is 0. The predicted octanol–water partition coefficient (Wildman–Crippen LogP) is 2.86. The molecule has 0 radical (unpaired) electrons. The van der Waals surface area contributed by atoms with Crippen LogP contribution >= 0.6 is 0 Å². The molecule has 0 bridgehead atoms. The minimum absolute atomic E-state index is 0.676. The highest BCUT2D eigenvalue weighted by molar-refractivity contribution is 5.10. The van der Waals surface area contributed by atoms with Gasteiger partial charge in [0.25, 0.3) is 0 Å². The molecule has 2 fully saturated rings. The van der Waals surface area contributed by atoms with Crippen LogP contribution in [0.25, 0.3) is 0 Å². The molecule has 0 aromatic carbocycles. The van der Waals surface area contributed by atoms with Crippen molar-refractivity contribution in [2.75, 3.05) is 33.2 Å². The Bertz CT molecular complexity index is 294. The van der Waals surface area contributed by atoms with Gasteiger partial charge >= 0.3 is 0 Å². The van der Waals surface area contributed by atoms with Gasteiger partial charge in [0.15, 0.2) is 0 Å². The fourth-order valence-corrected chi connectivity index (χ4v) is 3.77. The first-order valence-corrected chi connectivity index (χ1v) is 7.40. The van der Waals surface area contributed by atoms with Gasteiger partial charge in [0.05, 0.1) is 0 Å². The van der Waals surface area contributed by atoms with Gasteiger partial charge in [0.2, 0.25) is 0 Å². The standard InChI is InChI=1S/C15H26N2/c1-16-12-8-15(9-13-16)6-4-14(5-7-15)17-10-2-3-11-17/h4H,2-3,5-13H2,1H3. The second-order valence-corrected chi connectivity index (χ2v) is 6.40. The van der Waals surface area contributed by atoms with Crippen molar-refractivity contribution >= 4 is 0 Å². The van der Waals surface area contributed by atoms with Crippen LogP contribution in [0.5, 0.6) is 0 Å². The van der Waals surface area contributed by atoms with E-state index in [-0.39, 0.29) is 0 Å². The van der Waals surface area contributed by atoms with E-state index >= 15 is 0 Å². The lowest BCUT2D eigenvalue weighted by Gasteiger charge is -2.43. The van der Waals surface area contributed by atoms with Gasteiger partial charge in [-0.25, -0.2) is 0 Å². The third kappa shape index (κ3) is 2.37. The topological polar surface area (TPSA) is 6.48 Å². The van der Waals surface area contributed by atoms with Crippen molar-refractivity contribution in [3.63, 3.8) is 0 Å². The maximum Gasteiger partial charge on any atom is 0.0175 e. The molecule has 1 spiro atoms. The minimum atomic E-state index is 0.676. The van der Waals surface area contributed by atoms with Crippen LogP contribution in [0.15, 0.2) is 11.8 Å². The second kappa shape index (κ2) is 4.64. The molecule has 17 heavy (non-hydrogen) atoms. The van der Waals surface area contributed by atoms with Crippen LogP contribution < -0.4 is 0 Å². The fraction of sp³-hybridized carbons (Fsp3) is 0.867. The van der Waals surface area contributed by atoms with Gasteiger partial charge in [-0.1, -0.05) is 6.08 Å². The van der Waals surface area contributed by atoms with Crippen molar-refractivity contribution in [3.05, 3.63) is 11.8 Å². The Morgan fingerprint density at radius 3 is 2.29 bits per heavy atom. The summed E-state index contributed by atoms with van der Waals surface area (Å²) >= 11 is 0. The third-order valence-electron chi connectivity index (χ3n) is 5.24. The zero-order valence-corrected chi connectivity index (χ0v) is 11.2. The van der Waals surface area contributed by atoms with Crippen LogP contribution in [-0.4, -0.2) is 43.0 Å². The van der Waals surface area contributed by atoms with Gasteiger partial charge in [-0.05, 0) is 70.5 Å². The molecule has 0 aromatic heterocycles. The molecule has 2 aliphatic heterocycles. The van der Waals surface area contributed by atoms with E-state index in [0.717, 1.165) is 0 Å². The van der Waals surface area contributed by atoms with Gasteiger partial charge in [0, 0.05) is 18.8 Å². The molecule has 0 atom stereocenters. The van der Waals surface area contributed by atoms with Gasteiger partial charge in [-0.3, -0.25) is 0 Å². The van der Waals surface area contributed by atoms with Crippen molar-refractivity contribution in [2.24, 2.45) is 5.41 Å². The molecule has 0 saturated carbocycles. The summed E-state index contributed by atoms with van der Waals surface area (Å²) in [4.78, 5) is 5.13. The average Bonchev–Trinajstić information content (AvgIpc) is 2.88. The lowest BCUT2D eigenvalue weighted by molar-refractivity contribution is 0.105. The molecule has 2 saturated heterocycles. The van der Waals surface area contributed by atoms with Crippen LogP contribution in [0, 0.1) is 5.41 Å². The number of hydrogen-bond donors (Lipinski definition) is 0. The Hall–Kier alpha value is -0.500. The predicted molar refractivity (Wildman–Crippen MR) is 71.9 cm³/mol. The molecule has 0 unspecified atom stereocenters. The minimum Gasteiger partial charge on any atom is -0.375 e. The van der Waals surface area contributed by atoms with E-state index in [1.165, 1.54) is 71.1 Å². The Morgan fingerprint density at radius 2 is 1.71 bits per heavy atom. The molecule has 2 heteroatoms.